The van der Waals surface area contributed by atoms with Crippen LogP contribution < -0.4 is 0 Å². The van der Waals surface area contributed by atoms with E-state index in [2.05, 4.69) is 77.2 Å². The van der Waals surface area contributed by atoms with E-state index < -0.39 is 0 Å². The maximum atomic E-state index is 2.45. The van der Waals surface area contributed by atoms with Crippen LogP contribution in [0.4, 0.5) is 0 Å². The molecule has 96 valence electrons. The van der Waals surface area contributed by atoms with Crippen molar-refractivity contribution in [2.45, 2.75) is 22.6 Å². The Kier molecular flexibility index (Phi) is 4.28. The molecule has 0 nitrogen and oxygen atoms in total. The highest BCUT2D eigenvalue weighted by Gasteiger charge is 2.19. The summed E-state index contributed by atoms with van der Waals surface area (Å²) >= 11 is 4.33. The molecule has 0 bridgehead atoms. The van der Waals surface area contributed by atoms with Gasteiger partial charge in [0, 0.05) is 9.79 Å². The van der Waals surface area contributed by atoms with Gasteiger partial charge in [0.25, 0.3) is 0 Å². The molecule has 2 heteroatoms. The Morgan fingerprint density at radius 1 is 0.895 bits per heavy atom. The van der Waals surface area contributed by atoms with Crippen LogP contribution in [0.5, 0.6) is 0 Å². The van der Waals surface area contributed by atoms with Gasteiger partial charge in [-0.15, -0.1) is 0 Å². The molecule has 0 spiro atoms. The van der Waals surface area contributed by atoms with Crippen LogP contribution in [0.25, 0.3) is 5.57 Å². The summed E-state index contributed by atoms with van der Waals surface area (Å²) < 4.78 is 1.22. The summed E-state index contributed by atoms with van der Waals surface area (Å²) in [7, 11) is 0. The van der Waals surface area contributed by atoms with Crippen LogP contribution in [0.3, 0.4) is 0 Å². The van der Waals surface area contributed by atoms with E-state index in [-0.39, 0.29) is 0 Å². The fraction of sp³-hybridized carbons (Fsp3) is 0.176. The first-order chi connectivity index (χ1) is 9.40. The summed E-state index contributed by atoms with van der Waals surface area (Å²) in [6.45, 7) is 0. The lowest BCUT2D eigenvalue weighted by atomic mass is 9.96. The molecule has 2 aromatic carbocycles. The smallest absolute Gasteiger partial charge is 0.0201 e. The normalized spacial score (nSPS) is 12.8. The number of benzene rings is 2. The molecule has 0 atom stereocenters. The summed E-state index contributed by atoms with van der Waals surface area (Å²) in [5.41, 5.74) is 4.19. The highest BCUT2D eigenvalue weighted by atomic mass is 127. The molecule has 19 heavy (non-hydrogen) atoms. The maximum Gasteiger partial charge on any atom is 0.0201 e. The van der Waals surface area contributed by atoms with Crippen LogP contribution in [0, 0.1) is 0 Å². The molecule has 1 heterocycles. The highest BCUT2D eigenvalue weighted by Crippen LogP contribution is 2.45. The third-order valence-corrected chi connectivity index (χ3v) is 5.18. The van der Waals surface area contributed by atoms with Crippen LogP contribution in [0.2, 0.25) is 0 Å². The van der Waals surface area contributed by atoms with Gasteiger partial charge < -0.3 is 0 Å². The minimum atomic E-state index is 1.16. The van der Waals surface area contributed by atoms with E-state index in [4.69, 9.17) is 0 Å². The number of rotatable bonds is 3. The Morgan fingerprint density at radius 3 is 2.05 bits per heavy atom. The third-order valence-electron chi connectivity index (χ3n) is 3.26. The molecule has 0 fully saturated rings. The van der Waals surface area contributed by atoms with Crippen molar-refractivity contribution in [3.05, 3.63) is 65.7 Å². The molecule has 0 radical (unpaired) electrons. The third kappa shape index (κ3) is 2.75. The van der Waals surface area contributed by atoms with Crippen LogP contribution >= 0.6 is 34.4 Å². The van der Waals surface area contributed by atoms with Gasteiger partial charge in [0.2, 0.25) is 0 Å². The number of hydrogen-bond acceptors (Lipinski definition) is 1. The monoisotopic (exact) mass is 378 g/mol. The zero-order valence-electron chi connectivity index (χ0n) is 10.6. The van der Waals surface area contributed by atoms with Gasteiger partial charge in [-0.25, -0.2) is 0 Å². The summed E-state index contributed by atoms with van der Waals surface area (Å²) in [4.78, 5) is 2.75. The first kappa shape index (κ1) is 13.3. The summed E-state index contributed by atoms with van der Waals surface area (Å²) in [5.74, 6) is 0. The lowest BCUT2D eigenvalue weighted by Crippen LogP contribution is -1.98. The molecule has 0 saturated carbocycles. The summed E-state index contributed by atoms with van der Waals surface area (Å²) in [5, 5.41) is 0. The molecule has 0 aromatic heterocycles. The van der Waals surface area contributed by atoms with E-state index in [1.165, 1.54) is 37.3 Å². The standard InChI is InChI=1S/C17H15IS/c18-12-6-5-7-13-14-8-1-3-10-16(14)19-17-11-4-2-9-15(13)17/h1-4,7-11H,5-6,12H2. The number of alkyl halides is 1. The second-order valence-electron chi connectivity index (χ2n) is 4.54. The molecule has 0 aliphatic carbocycles. The molecule has 0 amide bonds. The average molecular weight is 378 g/mol. The lowest BCUT2D eigenvalue weighted by molar-refractivity contribution is 0.986. The lowest BCUT2D eigenvalue weighted by Gasteiger charge is -2.21. The van der Waals surface area contributed by atoms with Crippen molar-refractivity contribution in [3.63, 3.8) is 0 Å². The van der Waals surface area contributed by atoms with Crippen molar-refractivity contribution in [2.75, 3.05) is 4.43 Å². The largest absolute Gasteiger partial charge is 0.0888 e. The number of hydrogen-bond donors (Lipinski definition) is 0. The van der Waals surface area contributed by atoms with E-state index in [0.717, 1.165) is 6.42 Å². The van der Waals surface area contributed by atoms with Crippen molar-refractivity contribution in [1.29, 1.82) is 0 Å². The van der Waals surface area contributed by atoms with Crippen molar-refractivity contribution in [3.8, 4) is 0 Å². The SMILES string of the molecule is ICCCC=C1c2ccccc2Sc2ccccc21. The van der Waals surface area contributed by atoms with Crippen LogP contribution in [0.1, 0.15) is 24.0 Å². The van der Waals surface area contributed by atoms with Crippen molar-refractivity contribution < 1.29 is 0 Å². The fourth-order valence-corrected chi connectivity index (χ4v) is 3.91. The molecule has 2 aromatic rings. The van der Waals surface area contributed by atoms with Crippen LogP contribution in [-0.2, 0) is 0 Å². The van der Waals surface area contributed by atoms with Gasteiger partial charge in [-0.2, -0.15) is 0 Å². The second kappa shape index (κ2) is 6.14. The first-order valence-corrected chi connectivity index (χ1v) is 8.87. The molecule has 3 rings (SSSR count). The van der Waals surface area contributed by atoms with Gasteiger partial charge in [-0.1, -0.05) is 76.8 Å². The quantitative estimate of drug-likeness (QED) is 0.315. The number of unbranched alkanes of at least 4 members (excludes halogenated alkanes) is 1. The zero-order chi connectivity index (χ0) is 13.1. The molecule has 0 saturated heterocycles. The topological polar surface area (TPSA) is 0 Å². The second-order valence-corrected chi connectivity index (χ2v) is 6.71. The Labute approximate surface area is 132 Å². The maximum absolute atomic E-state index is 2.45. The summed E-state index contributed by atoms with van der Waals surface area (Å²) in [6, 6.07) is 17.5. The molecule has 1 aliphatic heterocycles. The Morgan fingerprint density at radius 2 is 1.47 bits per heavy atom. The van der Waals surface area contributed by atoms with Crippen LogP contribution in [0.15, 0.2) is 64.4 Å². The van der Waals surface area contributed by atoms with Gasteiger partial charge in [0.1, 0.15) is 0 Å². The Hall–Kier alpha value is -0.740. The van der Waals surface area contributed by atoms with E-state index in [1.54, 1.807) is 0 Å². The highest BCUT2D eigenvalue weighted by molar-refractivity contribution is 14.1. The predicted octanol–water partition coefficient (Wildman–Crippen LogP) is 5.80. The number of allylic oxidation sites excluding steroid dienone is 1. The van der Waals surface area contributed by atoms with Crippen LogP contribution in [-0.4, -0.2) is 4.43 Å². The average Bonchev–Trinajstić information content (AvgIpc) is 2.46. The number of halogens is 1. The zero-order valence-corrected chi connectivity index (χ0v) is 13.6. The first-order valence-electron chi connectivity index (χ1n) is 6.53. The van der Waals surface area contributed by atoms with E-state index in [0.29, 0.717) is 0 Å². The molecule has 0 unspecified atom stereocenters. The Balaban J connectivity index is 2.09. The minimum absolute atomic E-state index is 1.16. The Bertz CT molecular complexity index is 569. The van der Waals surface area contributed by atoms with Crippen molar-refractivity contribution in [1.82, 2.24) is 0 Å². The molecule has 0 N–H and O–H groups in total. The van der Waals surface area contributed by atoms with E-state index >= 15 is 0 Å². The van der Waals surface area contributed by atoms with E-state index in [9.17, 15) is 0 Å². The van der Waals surface area contributed by atoms with Crippen molar-refractivity contribution in [2.24, 2.45) is 0 Å². The van der Waals surface area contributed by atoms with Gasteiger partial charge >= 0.3 is 0 Å². The molecular weight excluding hydrogens is 363 g/mol. The number of fused-ring (bicyclic) bond motifs is 2. The van der Waals surface area contributed by atoms with Gasteiger partial charge in [0.15, 0.2) is 0 Å². The minimum Gasteiger partial charge on any atom is -0.0888 e. The van der Waals surface area contributed by atoms with Gasteiger partial charge in [0.05, 0.1) is 0 Å². The molecule has 1 aliphatic rings. The van der Waals surface area contributed by atoms with Crippen molar-refractivity contribution >= 4 is 39.9 Å². The van der Waals surface area contributed by atoms with E-state index in [1.807, 2.05) is 11.8 Å². The predicted molar refractivity (Wildman–Crippen MR) is 92.2 cm³/mol. The molecular formula is C17H15IS. The summed E-state index contributed by atoms with van der Waals surface area (Å²) in [6.07, 6.45) is 4.82. The van der Waals surface area contributed by atoms with Gasteiger partial charge in [-0.3, -0.25) is 0 Å². The van der Waals surface area contributed by atoms with Gasteiger partial charge in [-0.05, 0) is 46.1 Å². The fourth-order valence-electron chi connectivity index (χ4n) is 2.36.